The standard InChI is InChI=1S/C14H17NO4S/c1-3-9-15-13(17)12(10(2)16)14(15)20(18,19)11-7-5-4-6-8-11/h3-8,10,12,14,16H,1,9H2,2H3/t10-,12+,14-/m1/s1. The summed E-state index contributed by atoms with van der Waals surface area (Å²) in [5, 5.41) is 8.64. The quantitative estimate of drug-likeness (QED) is 0.644. The van der Waals surface area contributed by atoms with Crippen LogP contribution in [0.4, 0.5) is 0 Å². The molecule has 3 atom stereocenters. The minimum atomic E-state index is -3.70. The molecule has 2 rings (SSSR count). The molecule has 1 saturated heterocycles. The lowest BCUT2D eigenvalue weighted by atomic mass is 9.93. The van der Waals surface area contributed by atoms with Gasteiger partial charge in [-0.05, 0) is 19.1 Å². The molecule has 1 aliphatic heterocycles. The number of amides is 1. The minimum Gasteiger partial charge on any atom is -0.392 e. The summed E-state index contributed by atoms with van der Waals surface area (Å²) in [4.78, 5) is 13.3. The molecule has 1 aliphatic rings. The van der Waals surface area contributed by atoms with E-state index in [4.69, 9.17) is 0 Å². The average Bonchev–Trinajstić information content (AvgIpc) is 2.42. The van der Waals surface area contributed by atoms with Crippen LogP contribution in [0.1, 0.15) is 6.92 Å². The molecule has 0 spiro atoms. The lowest BCUT2D eigenvalue weighted by molar-refractivity contribution is -0.156. The maximum atomic E-state index is 12.6. The summed E-state index contributed by atoms with van der Waals surface area (Å²) in [5.74, 6) is -1.27. The molecule has 0 unspecified atom stereocenters. The van der Waals surface area contributed by atoms with Gasteiger partial charge in [-0.15, -0.1) is 6.58 Å². The number of aliphatic hydroxyl groups excluding tert-OH is 1. The van der Waals surface area contributed by atoms with Crippen LogP contribution in [-0.4, -0.2) is 42.4 Å². The normalized spacial score (nSPS) is 24.1. The molecule has 1 aromatic rings. The van der Waals surface area contributed by atoms with Crippen LogP contribution in [0.25, 0.3) is 0 Å². The van der Waals surface area contributed by atoms with Crippen molar-refractivity contribution in [3.8, 4) is 0 Å². The monoisotopic (exact) mass is 295 g/mol. The predicted octanol–water partition coefficient (Wildman–Crippen LogP) is 0.812. The van der Waals surface area contributed by atoms with Crippen LogP contribution in [-0.2, 0) is 14.6 Å². The molecular weight excluding hydrogens is 278 g/mol. The third kappa shape index (κ3) is 2.25. The fourth-order valence-corrected chi connectivity index (χ4v) is 4.51. The maximum Gasteiger partial charge on any atom is 0.232 e. The summed E-state index contributed by atoms with van der Waals surface area (Å²) in [6, 6.07) is 7.95. The fourth-order valence-electron chi connectivity index (χ4n) is 2.44. The summed E-state index contributed by atoms with van der Waals surface area (Å²) in [5.41, 5.74) is 0. The van der Waals surface area contributed by atoms with Crippen molar-refractivity contribution in [1.82, 2.24) is 4.90 Å². The number of carbonyl (C=O) groups excluding carboxylic acids is 1. The number of hydrogen-bond donors (Lipinski definition) is 1. The molecule has 6 heteroatoms. The topological polar surface area (TPSA) is 74.7 Å². The van der Waals surface area contributed by atoms with E-state index in [1.54, 1.807) is 18.2 Å². The zero-order valence-electron chi connectivity index (χ0n) is 11.1. The second-order valence-electron chi connectivity index (χ2n) is 4.79. The molecule has 1 heterocycles. The number of carbonyl (C=O) groups is 1. The predicted molar refractivity (Wildman–Crippen MR) is 74.5 cm³/mol. The van der Waals surface area contributed by atoms with Crippen molar-refractivity contribution in [3.63, 3.8) is 0 Å². The number of hydrogen-bond acceptors (Lipinski definition) is 4. The molecule has 1 fully saturated rings. The Morgan fingerprint density at radius 3 is 2.50 bits per heavy atom. The molecule has 5 nitrogen and oxygen atoms in total. The molecule has 108 valence electrons. The number of β-lactam (4-membered cyclic amide) rings is 1. The molecule has 0 radical (unpaired) electrons. The van der Waals surface area contributed by atoms with Crippen molar-refractivity contribution < 1.29 is 18.3 Å². The van der Waals surface area contributed by atoms with E-state index in [2.05, 4.69) is 6.58 Å². The molecule has 0 aliphatic carbocycles. The Labute approximate surface area is 118 Å². The van der Waals surface area contributed by atoms with Crippen molar-refractivity contribution in [2.45, 2.75) is 23.3 Å². The van der Waals surface area contributed by atoms with Crippen LogP contribution in [0.15, 0.2) is 47.9 Å². The number of benzene rings is 1. The minimum absolute atomic E-state index is 0.150. The Balaban J connectivity index is 2.41. The van der Waals surface area contributed by atoms with E-state index >= 15 is 0 Å². The van der Waals surface area contributed by atoms with Gasteiger partial charge in [0.05, 0.1) is 16.9 Å². The molecular formula is C14H17NO4S. The van der Waals surface area contributed by atoms with Gasteiger partial charge in [-0.2, -0.15) is 0 Å². The second-order valence-corrected chi connectivity index (χ2v) is 6.84. The van der Waals surface area contributed by atoms with E-state index in [1.165, 1.54) is 30.0 Å². The van der Waals surface area contributed by atoms with Gasteiger partial charge in [0.25, 0.3) is 0 Å². The van der Waals surface area contributed by atoms with E-state index in [-0.39, 0.29) is 17.3 Å². The first kappa shape index (κ1) is 14.7. The van der Waals surface area contributed by atoms with Gasteiger partial charge in [0.2, 0.25) is 5.91 Å². The molecule has 1 N–H and O–H groups in total. The van der Waals surface area contributed by atoms with E-state index in [0.29, 0.717) is 0 Å². The highest BCUT2D eigenvalue weighted by molar-refractivity contribution is 7.92. The smallest absolute Gasteiger partial charge is 0.232 e. The molecule has 20 heavy (non-hydrogen) atoms. The van der Waals surface area contributed by atoms with Gasteiger partial charge in [-0.1, -0.05) is 24.3 Å². The highest BCUT2D eigenvalue weighted by Crippen LogP contribution is 2.36. The first-order valence-corrected chi connectivity index (χ1v) is 7.84. The van der Waals surface area contributed by atoms with E-state index < -0.39 is 27.2 Å². The summed E-state index contributed by atoms with van der Waals surface area (Å²) in [6.07, 6.45) is 0.469. The fraction of sp³-hybridized carbons (Fsp3) is 0.357. The Bertz CT molecular complexity index is 609. The molecule has 1 aromatic carbocycles. The lowest BCUT2D eigenvalue weighted by Crippen LogP contribution is -2.66. The number of nitrogens with zero attached hydrogens (tertiary/aromatic N) is 1. The number of rotatable bonds is 5. The molecule has 1 amide bonds. The van der Waals surface area contributed by atoms with Crippen LogP contribution in [0.2, 0.25) is 0 Å². The Kier molecular flexibility index (Phi) is 3.96. The molecule has 0 aromatic heterocycles. The third-order valence-electron chi connectivity index (χ3n) is 3.42. The third-order valence-corrected chi connectivity index (χ3v) is 5.53. The summed E-state index contributed by atoms with van der Waals surface area (Å²) in [6.45, 7) is 5.11. The zero-order chi connectivity index (χ0) is 14.9. The first-order valence-electron chi connectivity index (χ1n) is 6.29. The SMILES string of the molecule is C=CCN1C(=O)[C@H]([C@@H](C)O)[C@H]1S(=O)(=O)c1ccccc1. The van der Waals surface area contributed by atoms with Gasteiger partial charge in [-0.25, -0.2) is 8.42 Å². The highest BCUT2D eigenvalue weighted by atomic mass is 32.2. The molecule has 0 bridgehead atoms. The van der Waals surface area contributed by atoms with Crippen LogP contribution >= 0.6 is 0 Å². The number of aliphatic hydroxyl groups is 1. The van der Waals surface area contributed by atoms with Crippen molar-refractivity contribution in [2.75, 3.05) is 6.54 Å². The second kappa shape index (κ2) is 5.38. The van der Waals surface area contributed by atoms with Crippen molar-refractivity contribution >= 4 is 15.7 Å². The van der Waals surface area contributed by atoms with Crippen LogP contribution < -0.4 is 0 Å². The van der Waals surface area contributed by atoms with Gasteiger partial charge in [0.1, 0.15) is 0 Å². The van der Waals surface area contributed by atoms with E-state index in [1.807, 2.05) is 0 Å². The lowest BCUT2D eigenvalue weighted by Gasteiger charge is -2.47. The first-order chi connectivity index (χ1) is 9.41. The van der Waals surface area contributed by atoms with E-state index in [0.717, 1.165) is 0 Å². The largest absolute Gasteiger partial charge is 0.392 e. The zero-order valence-corrected chi connectivity index (χ0v) is 12.0. The van der Waals surface area contributed by atoms with Gasteiger partial charge in [-0.3, -0.25) is 4.79 Å². The van der Waals surface area contributed by atoms with Crippen molar-refractivity contribution in [2.24, 2.45) is 5.92 Å². The summed E-state index contributed by atoms with van der Waals surface area (Å²) in [7, 11) is -3.70. The Morgan fingerprint density at radius 1 is 1.40 bits per heavy atom. The van der Waals surface area contributed by atoms with Crippen LogP contribution in [0.3, 0.4) is 0 Å². The molecule has 0 saturated carbocycles. The summed E-state index contributed by atoms with van der Waals surface area (Å²) < 4.78 is 25.2. The average molecular weight is 295 g/mol. The Hall–Kier alpha value is -1.66. The van der Waals surface area contributed by atoms with Gasteiger partial charge in [0, 0.05) is 6.54 Å². The van der Waals surface area contributed by atoms with Crippen molar-refractivity contribution in [1.29, 1.82) is 0 Å². The van der Waals surface area contributed by atoms with Gasteiger partial charge < -0.3 is 10.0 Å². The van der Waals surface area contributed by atoms with E-state index in [9.17, 15) is 18.3 Å². The van der Waals surface area contributed by atoms with Crippen molar-refractivity contribution in [3.05, 3.63) is 43.0 Å². The maximum absolute atomic E-state index is 12.6. The number of likely N-dealkylation sites (tertiary alicyclic amines) is 1. The number of sulfone groups is 1. The van der Waals surface area contributed by atoms with Gasteiger partial charge >= 0.3 is 0 Å². The van der Waals surface area contributed by atoms with Crippen LogP contribution in [0.5, 0.6) is 0 Å². The summed E-state index contributed by atoms with van der Waals surface area (Å²) >= 11 is 0. The van der Waals surface area contributed by atoms with Gasteiger partial charge in [0.15, 0.2) is 15.2 Å². The van der Waals surface area contributed by atoms with Crippen LogP contribution in [0, 0.1) is 5.92 Å². The highest BCUT2D eigenvalue weighted by Gasteiger charge is 2.56. The Morgan fingerprint density at radius 2 is 2.00 bits per heavy atom.